The maximum Gasteiger partial charge on any atom is 0.240 e. The van der Waals surface area contributed by atoms with Crippen molar-refractivity contribution in [3.05, 3.63) is 28.8 Å². The molecular weight excluding hydrogens is 324 g/mol. The van der Waals surface area contributed by atoms with Crippen molar-refractivity contribution in [3.8, 4) is 0 Å². The summed E-state index contributed by atoms with van der Waals surface area (Å²) in [5.74, 6) is -0.162. The highest BCUT2D eigenvalue weighted by atomic mass is 35.5. The fourth-order valence-corrected chi connectivity index (χ4v) is 3.79. The van der Waals surface area contributed by atoms with Crippen LogP contribution in [-0.4, -0.2) is 29.3 Å². The Morgan fingerprint density at radius 3 is 2.75 bits per heavy atom. The van der Waals surface area contributed by atoms with Gasteiger partial charge in [0.05, 0.1) is 0 Å². The van der Waals surface area contributed by atoms with Crippen LogP contribution in [0, 0.1) is 12.3 Å². The average molecular weight is 349 g/mol. The van der Waals surface area contributed by atoms with E-state index in [-0.39, 0.29) is 17.9 Å². The molecule has 2 amide bonds. The summed E-state index contributed by atoms with van der Waals surface area (Å²) in [5, 5.41) is 3.55. The molecule has 4 nitrogen and oxygen atoms in total. The number of halogens is 1. The van der Waals surface area contributed by atoms with Crippen molar-refractivity contribution >= 4 is 29.1 Å². The molecule has 1 aromatic rings. The Labute approximate surface area is 148 Å². The molecular formula is C19H25ClN2O2. The van der Waals surface area contributed by atoms with Crippen LogP contribution in [0.1, 0.15) is 51.0 Å². The van der Waals surface area contributed by atoms with Crippen molar-refractivity contribution in [3.63, 3.8) is 0 Å². The molecule has 0 radical (unpaired) electrons. The van der Waals surface area contributed by atoms with Crippen LogP contribution in [-0.2, 0) is 9.59 Å². The Morgan fingerprint density at radius 1 is 1.33 bits per heavy atom. The predicted molar refractivity (Wildman–Crippen MR) is 96.1 cm³/mol. The van der Waals surface area contributed by atoms with Crippen LogP contribution >= 0.6 is 11.6 Å². The maximum atomic E-state index is 13.1. The highest BCUT2D eigenvalue weighted by Gasteiger charge is 2.58. The number of rotatable bonds is 4. The van der Waals surface area contributed by atoms with Crippen LogP contribution in [0.2, 0.25) is 5.02 Å². The first-order chi connectivity index (χ1) is 11.5. The van der Waals surface area contributed by atoms with Gasteiger partial charge in [0.25, 0.3) is 0 Å². The van der Waals surface area contributed by atoms with Gasteiger partial charge < -0.3 is 10.2 Å². The fraction of sp³-hybridized carbons (Fsp3) is 0.579. The quantitative estimate of drug-likeness (QED) is 0.830. The van der Waals surface area contributed by atoms with Crippen LogP contribution in [0.5, 0.6) is 0 Å². The Bertz CT molecular complexity index is 655. The van der Waals surface area contributed by atoms with Crippen molar-refractivity contribution in [1.29, 1.82) is 0 Å². The van der Waals surface area contributed by atoms with Gasteiger partial charge in [-0.15, -0.1) is 0 Å². The van der Waals surface area contributed by atoms with E-state index in [1.807, 2.05) is 24.0 Å². The molecule has 1 aromatic carbocycles. The van der Waals surface area contributed by atoms with Gasteiger partial charge in [-0.2, -0.15) is 0 Å². The van der Waals surface area contributed by atoms with Crippen molar-refractivity contribution < 1.29 is 9.59 Å². The number of likely N-dealkylation sites (tertiary alicyclic amines) is 1. The number of amides is 2. The lowest BCUT2D eigenvalue weighted by atomic mass is 9.95. The second kappa shape index (κ2) is 6.75. The molecule has 1 N–H and O–H groups in total. The standard InChI is InChI=1S/C19H25ClN2O2/c1-3-14-7-4-5-12-22(14)18(24)19(10-11-19)17(23)21-16-9-6-8-15(20)13(16)2/h6,8-9,14H,3-5,7,10-12H2,1-2H3,(H,21,23). The Morgan fingerprint density at radius 2 is 2.08 bits per heavy atom. The molecule has 24 heavy (non-hydrogen) atoms. The summed E-state index contributed by atoms with van der Waals surface area (Å²) in [4.78, 5) is 27.9. The number of hydrogen-bond acceptors (Lipinski definition) is 2. The minimum Gasteiger partial charge on any atom is -0.339 e. The summed E-state index contributed by atoms with van der Waals surface area (Å²) in [6, 6.07) is 5.72. The molecule has 1 aliphatic carbocycles. The van der Waals surface area contributed by atoms with E-state index in [0.29, 0.717) is 23.6 Å². The number of carbonyl (C=O) groups excluding carboxylic acids is 2. The van der Waals surface area contributed by atoms with Gasteiger partial charge >= 0.3 is 0 Å². The fourth-order valence-electron chi connectivity index (χ4n) is 3.62. The molecule has 1 unspecified atom stereocenters. The lowest BCUT2D eigenvalue weighted by Crippen LogP contribution is -2.49. The number of piperidine rings is 1. The topological polar surface area (TPSA) is 49.4 Å². The normalized spacial score (nSPS) is 22.1. The van der Waals surface area contributed by atoms with Gasteiger partial charge in [-0.3, -0.25) is 9.59 Å². The zero-order chi connectivity index (χ0) is 17.3. The third-order valence-corrected chi connectivity index (χ3v) is 5.88. The Hall–Kier alpha value is -1.55. The van der Waals surface area contributed by atoms with Crippen LogP contribution in [0.15, 0.2) is 18.2 Å². The van der Waals surface area contributed by atoms with E-state index in [4.69, 9.17) is 11.6 Å². The Kier molecular flexibility index (Phi) is 4.86. The molecule has 2 aliphatic rings. The number of nitrogens with one attached hydrogen (secondary N) is 1. The van der Waals surface area contributed by atoms with E-state index in [9.17, 15) is 9.59 Å². The number of nitrogens with zero attached hydrogens (tertiary/aromatic N) is 1. The van der Waals surface area contributed by atoms with Crippen LogP contribution in [0.25, 0.3) is 0 Å². The van der Waals surface area contributed by atoms with E-state index in [2.05, 4.69) is 12.2 Å². The lowest BCUT2D eigenvalue weighted by molar-refractivity contribution is -0.145. The zero-order valence-corrected chi connectivity index (χ0v) is 15.2. The van der Waals surface area contributed by atoms with Gasteiger partial charge in [0, 0.05) is 23.3 Å². The third-order valence-electron chi connectivity index (χ3n) is 5.47. The molecule has 1 saturated carbocycles. The van der Waals surface area contributed by atoms with E-state index < -0.39 is 5.41 Å². The van der Waals surface area contributed by atoms with Gasteiger partial charge in [0.15, 0.2) is 0 Å². The van der Waals surface area contributed by atoms with Crippen LogP contribution in [0.3, 0.4) is 0 Å². The Balaban J connectivity index is 1.76. The zero-order valence-electron chi connectivity index (χ0n) is 14.4. The highest BCUT2D eigenvalue weighted by molar-refractivity contribution is 6.31. The summed E-state index contributed by atoms with van der Waals surface area (Å²) in [6.45, 7) is 4.77. The molecule has 1 saturated heterocycles. The molecule has 1 aliphatic heterocycles. The number of anilines is 1. The second-order valence-corrected chi connectivity index (χ2v) is 7.41. The van der Waals surface area contributed by atoms with E-state index in [1.54, 1.807) is 6.07 Å². The summed E-state index contributed by atoms with van der Waals surface area (Å²) >= 11 is 6.12. The number of benzene rings is 1. The van der Waals surface area contributed by atoms with Crippen molar-refractivity contribution in [2.24, 2.45) is 5.41 Å². The number of carbonyl (C=O) groups is 2. The summed E-state index contributed by atoms with van der Waals surface area (Å²) in [6.07, 6.45) is 5.50. The first-order valence-corrected chi connectivity index (χ1v) is 9.25. The van der Waals surface area contributed by atoms with E-state index in [0.717, 1.165) is 31.4 Å². The second-order valence-electron chi connectivity index (χ2n) is 7.01. The predicted octanol–water partition coefficient (Wildman–Crippen LogP) is 4.16. The molecule has 0 bridgehead atoms. The minimum absolute atomic E-state index is 0.0197. The lowest BCUT2D eigenvalue weighted by Gasteiger charge is -2.37. The van der Waals surface area contributed by atoms with Gasteiger partial charge in [-0.25, -0.2) is 0 Å². The van der Waals surface area contributed by atoms with Crippen molar-refractivity contribution in [2.45, 2.75) is 58.4 Å². The molecule has 3 rings (SSSR count). The van der Waals surface area contributed by atoms with Gasteiger partial charge in [0.1, 0.15) is 5.41 Å². The van der Waals surface area contributed by atoms with E-state index in [1.165, 1.54) is 6.42 Å². The maximum absolute atomic E-state index is 13.1. The summed E-state index contributed by atoms with van der Waals surface area (Å²) in [5.41, 5.74) is 0.664. The average Bonchev–Trinajstić information content (AvgIpc) is 3.40. The molecule has 0 aromatic heterocycles. The number of hydrogen-bond donors (Lipinski definition) is 1. The molecule has 2 fully saturated rings. The smallest absolute Gasteiger partial charge is 0.240 e. The van der Waals surface area contributed by atoms with Crippen molar-refractivity contribution in [1.82, 2.24) is 4.90 Å². The van der Waals surface area contributed by atoms with Crippen LogP contribution < -0.4 is 5.32 Å². The van der Waals surface area contributed by atoms with Crippen molar-refractivity contribution in [2.75, 3.05) is 11.9 Å². The molecule has 5 heteroatoms. The summed E-state index contributed by atoms with van der Waals surface area (Å²) < 4.78 is 0. The molecule has 1 heterocycles. The minimum atomic E-state index is -0.862. The largest absolute Gasteiger partial charge is 0.339 e. The summed E-state index contributed by atoms with van der Waals surface area (Å²) in [7, 11) is 0. The molecule has 1 atom stereocenters. The highest BCUT2D eigenvalue weighted by Crippen LogP contribution is 2.49. The van der Waals surface area contributed by atoms with Gasteiger partial charge in [-0.05, 0) is 63.1 Å². The molecule has 0 spiro atoms. The SMILES string of the molecule is CCC1CCCCN1C(=O)C1(C(=O)Nc2cccc(Cl)c2C)CC1. The molecule has 130 valence electrons. The van der Waals surface area contributed by atoms with Crippen LogP contribution in [0.4, 0.5) is 5.69 Å². The first-order valence-electron chi connectivity index (χ1n) is 8.87. The van der Waals surface area contributed by atoms with Gasteiger partial charge in [-0.1, -0.05) is 24.6 Å². The first kappa shape index (κ1) is 17.3. The third kappa shape index (κ3) is 3.04. The van der Waals surface area contributed by atoms with E-state index >= 15 is 0 Å². The monoisotopic (exact) mass is 348 g/mol. The van der Waals surface area contributed by atoms with Gasteiger partial charge in [0.2, 0.25) is 11.8 Å².